The van der Waals surface area contributed by atoms with Crippen molar-refractivity contribution in [1.82, 2.24) is 4.98 Å². The van der Waals surface area contributed by atoms with Crippen molar-refractivity contribution in [1.29, 1.82) is 0 Å². The van der Waals surface area contributed by atoms with Crippen molar-refractivity contribution < 1.29 is 4.74 Å². The number of pyridine rings is 1. The maximum Gasteiger partial charge on any atom is 0.0967 e. The SMILES string of the molecule is COCCCSc1ccc2cc(N)ccc2n1. The van der Waals surface area contributed by atoms with Crippen molar-refractivity contribution >= 4 is 28.4 Å². The van der Waals surface area contributed by atoms with Crippen molar-refractivity contribution in [3.63, 3.8) is 0 Å². The van der Waals surface area contributed by atoms with Crippen LogP contribution in [0, 0.1) is 0 Å². The van der Waals surface area contributed by atoms with Crippen molar-refractivity contribution in [2.45, 2.75) is 11.4 Å². The van der Waals surface area contributed by atoms with Crippen LogP contribution in [0.5, 0.6) is 0 Å². The van der Waals surface area contributed by atoms with Crippen LogP contribution in [-0.4, -0.2) is 24.5 Å². The number of nitrogens with zero attached hydrogens (tertiary/aromatic N) is 1. The molecular formula is C13H16N2OS. The maximum absolute atomic E-state index is 5.73. The Morgan fingerprint density at radius 3 is 3.00 bits per heavy atom. The number of benzene rings is 1. The highest BCUT2D eigenvalue weighted by Crippen LogP contribution is 2.21. The molecule has 0 fully saturated rings. The third-order valence-corrected chi connectivity index (χ3v) is 3.45. The molecule has 0 unspecified atom stereocenters. The quantitative estimate of drug-likeness (QED) is 0.502. The van der Waals surface area contributed by atoms with Gasteiger partial charge < -0.3 is 10.5 Å². The largest absolute Gasteiger partial charge is 0.399 e. The standard InChI is InChI=1S/C13H16N2OS/c1-16-7-2-8-17-13-6-3-10-9-11(14)4-5-12(10)15-13/h3-6,9H,2,7-8,14H2,1H3. The van der Waals surface area contributed by atoms with Gasteiger partial charge in [-0.05, 0) is 30.7 Å². The van der Waals surface area contributed by atoms with Crippen LogP contribution in [-0.2, 0) is 4.74 Å². The zero-order valence-electron chi connectivity index (χ0n) is 9.85. The molecule has 2 rings (SSSR count). The molecule has 1 aromatic carbocycles. The fourth-order valence-electron chi connectivity index (χ4n) is 1.59. The number of hydrogen-bond donors (Lipinski definition) is 1. The first-order chi connectivity index (χ1) is 8.29. The molecule has 0 bridgehead atoms. The number of hydrogen-bond acceptors (Lipinski definition) is 4. The molecular weight excluding hydrogens is 232 g/mol. The van der Waals surface area contributed by atoms with Gasteiger partial charge in [-0.15, -0.1) is 11.8 Å². The van der Waals surface area contributed by atoms with E-state index in [2.05, 4.69) is 11.1 Å². The normalized spacial score (nSPS) is 10.9. The highest BCUT2D eigenvalue weighted by Gasteiger charge is 1.99. The molecule has 4 heteroatoms. The van der Waals surface area contributed by atoms with Crippen LogP contribution in [0.4, 0.5) is 5.69 Å². The molecule has 2 aromatic rings. The molecule has 0 saturated heterocycles. The van der Waals surface area contributed by atoms with Gasteiger partial charge in [0, 0.05) is 30.5 Å². The summed E-state index contributed by atoms with van der Waals surface area (Å²) in [5.41, 5.74) is 7.50. The zero-order valence-corrected chi connectivity index (χ0v) is 10.7. The Morgan fingerprint density at radius 1 is 1.29 bits per heavy atom. The second kappa shape index (κ2) is 5.89. The number of anilines is 1. The highest BCUT2D eigenvalue weighted by atomic mass is 32.2. The lowest BCUT2D eigenvalue weighted by atomic mass is 10.2. The molecule has 0 aliphatic rings. The van der Waals surface area contributed by atoms with Crippen LogP contribution in [0.3, 0.4) is 0 Å². The van der Waals surface area contributed by atoms with Gasteiger partial charge in [0.05, 0.1) is 10.5 Å². The van der Waals surface area contributed by atoms with Crippen molar-refractivity contribution in [2.75, 3.05) is 25.2 Å². The van der Waals surface area contributed by atoms with E-state index < -0.39 is 0 Å². The van der Waals surface area contributed by atoms with Gasteiger partial charge in [-0.2, -0.15) is 0 Å². The summed E-state index contributed by atoms with van der Waals surface area (Å²) in [6, 6.07) is 9.90. The Kier molecular flexibility index (Phi) is 4.23. The minimum atomic E-state index is 0.778. The van der Waals surface area contributed by atoms with Crippen molar-refractivity contribution in [2.24, 2.45) is 0 Å². The van der Waals surface area contributed by atoms with Crippen molar-refractivity contribution in [3.05, 3.63) is 30.3 Å². The van der Waals surface area contributed by atoms with Crippen LogP contribution in [0.2, 0.25) is 0 Å². The van der Waals surface area contributed by atoms with E-state index in [1.54, 1.807) is 18.9 Å². The lowest BCUT2D eigenvalue weighted by molar-refractivity contribution is 0.200. The van der Waals surface area contributed by atoms with Gasteiger partial charge in [-0.1, -0.05) is 6.07 Å². The Bertz CT molecular complexity index is 502. The van der Waals surface area contributed by atoms with Gasteiger partial charge in [-0.3, -0.25) is 0 Å². The Labute approximate surface area is 105 Å². The van der Waals surface area contributed by atoms with Gasteiger partial charge in [0.1, 0.15) is 0 Å². The second-order valence-electron chi connectivity index (χ2n) is 3.80. The summed E-state index contributed by atoms with van der Waals surface area (Å²) in [5, 5.41) is 2.14. The van der Waals surface area contributed by atoms with Crippen LogP contribution in [0.15, 0.2) is 35.4 Å². The van der Waals surface area contributed by atoms with Gasteiger partial charge in [0.2, 0.25) is 0 Å². The highest BCUT2D eigenvalue weighted by molar-refractivity contribution is 7.99. The van der Waals surface area contributed by atoms with Gasteiger partial charge in [0.15, 0.2) is 0 Å². The molecule has 0 aliphatic heterocycles. The summed E-state index contributed by atoms with van der Waals surface area (Å²) in [6.07, 6.45) is 1.04. The first-order valence-corrected chi connectivity index (χ1v) is 6.56. The van der Waals surface area contributed by atoms with E-state index >= 15 is 0 Å². The smallest absolute Gasteiger partial charge is 0.0967 e. The van der Waals surface area contributed by atoms with E-state index in [0.717, 1.165) is 40.4 Å². The lowest BCUT2D eigenvalue weighted by Crippen LogP contribution is -1.91. The summed E-state index contributed by atoms with van der Waals surface area (Å²) in [7, 11) is 1.73. The number of methoxy groups -OCH3 is 1. The number of nitrogens with two attached hydrogens (primary N) is 1. The Hall–Kier alpha value is -1.26. The van der Waals surface area contributed by atoms with E-state index in [0.29, 0.717) is 0 Å². The van der Waals surface area contributed by atoms with E-state index in [9.17, 15) is 0 Å². The van der Waals surface area contributed by atoms with E-state index in [4.69, 9.17) is 10.5 Å². The van der Waals surface area contributed by atoms with E-state index in [1.807, 2.05) is 24.3 Å². The Morgan fingerprint density at radius 2 is 2.18 bits per heavy atom. The predicted molar refractivity (Wildman–Crippen MR) is 73.4 cm³/mol. The third kappa shape index (κ3) is 3.35. The van der Waals surface area contributed by atoms with Crippen LogP contribution in [0.1, 0.15) is 6.42 Å². The molecule has 0 radical (unpaired) electrons. The minimum Gasteiger partial charge on any atom is -0.399 e. The average Bonchev–Trinajstić information content (AvgIpc) is 2.35. The summed E-state index contributed by atoms with van der Waals surface area (Å²) < 4.78 is 5.02. The fourth-order valence-corrected chi connectivity index (χ4v) is 2.38. The third-order valence-electron chi connectivity index (χ3n) is 2.43. The summed E-state index contributed by atoms with van der Waals surface area (Å²) >= 11 is 1.76. The van der Waals surface area contributed by atoms with E-state index in [1.165, 1.54) is 0 Å². The van der Waals surface area contributed by atoms with Crippen molar-refractivity contribution in [3.8, 4) is 0 Å². The summed E-state index contributed by atoms with van der Waals surface area (Å²) in [6.45, 7) is 0.803. The lowest BCUT2D eigenvalue weighted by Gasteiger charge is -2.03. The summed E-state index contributed by atoms with van der Waals surface area (Å²) in [5.74, 6) is 1.03. The predicted octanol–water partition coefficient (Wildman–Crippen LogP) is 2.95. The van der Waals surface area contributed by atoms with Crippen LogP contribution in [0.25, 0.3) is 10.9 Å². The fraction of sp³-hybridized carbons (Fsp3) is 0.308. The number of nitrogen functional groups attached to an aromatic ring is 1. The molecule has 0 aliphatic carbocycles. The molecule has 0 amide bonds. The number of aromatic nitrogens is 1. The molecule has 0 atom stereocenters. The molecule has 0 saturated carbocycles. The molecule has 17 heavy (non-hydrogen) atoms. The number of fused-ring (bicyclic) bond motifs is 1. The first kappa shape index (κ1) is 12.2. The second-order valence-corrected chi connectivity index (χ2v) is 4.91. The van der Waals surface area contributed by atoms with Gasteiger partial charge in [-0.25, -0.2) is 4.98 Å². The molecule has 2 N–H and O–H groups in total. The molecule has 3 nitrogen and oxygen atoms in total. The van der Waals surface area contributed by atoms with E-state index in [-0.39, 0.29) is 0 Å². The Balaban J connectivity index is 2.07. The zero-order chi connectivity index (χ0) is 12.1. The summed E-state index contributed by atoms with van der Waals surface area (Å²) in [4.78, 5) is 4.58. The first-order valence-electron chi connectivity index (χ1n) is 5.57. The number of rotatable bonds is 5. The van der Waals surface area contributed by atoms with Gasteiger partial charge >= 0.3 is 0 Å². The van der Waals surface area contributed by atoms with Gasteiger partial charge in [0.25, 0.3) is 0 Å². The number of ether oxygens (including phenoxy) is 1. The topological polar surface area (TPSA) is 48.1 Å². The molecule has 1 heterocycles. The molecule has 1 aromatic heterocycles. The monoisotopic (exact) mass is 248 g/mol. The van der Waals surface area contributed by atoms with Crippen LogP contribution < -0.4 is 5.73 Å². The maximum atomic E-state index is 5.73. The minimum absolute atomic E-state index is 0.778. The van der Waals surface area contributed by atoms with Crippen LogP contribution >= 0.6 is 11.8 Å². The molecule has 0 spiro atoms. The number of thioether (sulfide) groups is 1. The molecule has 90 valence electrons. The average molecular weight is 248 g/mol.